The molecule has 1 aliphatic rings. The summed E-state index contributed by atoms with van der Waals surface area (Å²) in [7, 11) is 1.95. The van der Waals surface area contributed by atoms with Crippen LogP contribution in [-0.2, 0) is 18.3 Å². The number of nitrogens with zero attached hydrogens (tertiary/aromatic N) is 3. The summed E-state index contributed by atoms with van der Waals surface area (Å²) in [6.45, 7) is 0. The molecule has 0 unspecified atom stereocenters. The van der Waals surface area contributed by atoms with E-state index in [-0.39, 0.29) is 11.2 Å². The Morgan fingerprint density at radius 3 is 2.96 bits per heavy atom. The maximum Gasteiger partial charge on any atom is 0.237 e. The molecule has 122 valence electrons. The van der Waals surface area contributed by atoms with E-state index in [4.69, 9.17) is 0 Å². The van der Waals surface area contributed by atoms with Gasteiger partial charge in [0, 0.05) is 12.7 Å². The Balaban J connectivity index is 1.55. The highest BCUT2D eigenvalue weighted by Gasteiger charge is 2.26. The molecule has 0 radical (unpaired) electrons. The van der Waals surface area contributed by atoms with Gasteiger partial charge in [0.05, 0.1) is 10.1 Å². The van der Waals surface area contributed by atoms with Gasteiger partial charge in [-0.2, -0.15) is 0 Å². The highest BCUT2D eigenvalue weighted by molar-refractivity contribution is 8.00. The van der Waals surface area contributed by atoms with Gasteiger partial charge in [0.15, 0.2) is 11.0 Å². The number of carbonyl (C=O) groups excluding carboxylic acids is 1. The van der Waals surface area contributed by atoms with Crippen LogP contribution in [-0.4, -0.2) is 25.9 Å². The lowest BCUT2D eigenvalue weighted by Crippen LogP contribution is -2.24. The van der Waals surface area contributed by atoms with Crippen LogP contribution in [0.5, 0.6) is 0 Å². The van der Waals surface area contributed by atoms with Gasteiger partial charge in [-0.3, -0.25) is 4.79 Å². The summed E-state index contributed by atoms with van der Waals surface area (Å²) in [6, 6.07) is 12.0. The Morgan fingerprint density at radius 2 is 2.12 bits per heavy atom. The summed E-state index contributed by atoms with van der Waals surface area (Å²) in [4.78, 5) is 13.6. The Morgan fingerprint density at radius 1 is 1.25 bits per heavy atom. The Hall–Kier alpha value is -2.12. The smallest absolute Gasteiger partial charge is 0.237 e. The number of nitrogens with one attached hydrogen (secondary N) is 1. The summed E-state index contributed by atoms with van der Waals surface area (Å²) in [5, 5.41) is 14.2. The van der Waals surface area contributed by atoms with E-state index in [2.05, 4.69) is 21.6 Å². The van der Waals surface area contributed by atoms with E-state index >= 15 is 0 Å². The van der Waals surface area contributed by atoms with Crippen molar-refractivity contribution >= 4 is 34.7 Å². The van der Waals surface area contributed by atoms with Crippen LogP contribution in [0.4, 0.5) is 5.69 Å². The number of thiophene rings is 1. The van der Waals surface area contributed by atoms with E-state index in [1.54, 1.807) is 11.3 Å². The van der Waals surface area contributed by atoms with Crippen LogP contribution in [0.15, 0.2) is 46.9 Å². The fourth-order valence-corrected chi connectivity index (χ4v) is 4.50. The van der Waals surface area contributed by atoms with Crippen molar-refractivity contribution in [3.8, 4) is 10.7 Å². The van der Waals surface area contributed by atoms with E-state index in [1.807, 2.05) is 47.3 Å². The number of rotatable bonds is 3. The summed E-state index contributed by atoms with van der Waals surface area (Å²) in [5.41, 5.74) is 2.11. The van der Waals surface area contributed by atoms with E-state index in [0.29, 0.717) is 0 Å². The van der Waals surface area contributed by atoms with Crippen LogP contribution in [0.1, 0.15) is 12.0 Å². The molecule has 4 rings (SSSR count). The largest absolute Gasteiger partial charge is 0.325 e. The van der Waals surface area contributed by atoms with Crippen LogP contribution in [0.3, 0.4) is 0 Å². The quantitative estimate of drug-likeness (QED) is 0.779. The van der Waals surface area contributed by atoms with Gasteiger partial charge in [0.1, 0.15) is 0 Å². The maximum atomic E-state index is 12.5. The molecule has 7 heteroatoms. The molecule has 24 heavy (non-hydrogen) atoms. The molecule has 1 N–H and O–H groups in total. The van der Waals surface area contributed by atoms with Crippen molar-refractivity contribution in [1.82, 2.24) is 14.8 Å². The molecule has 0 fully saturated rings. The summed E-state index contributed by atoms with van der Waals surface area (Å²) < 4.78 is 1.96. The van der Waals surface area contributed by atoms with Gasteiger partial charge in [-0.1, -0.05) is 36.0 Å². The third-order valence-corrected chi connectivity index (χ3v) is 6.23. The van der Waals surface area contributed by atoms with Crippen LogP contribution in [0.2, 0.25) is 0 Å². The first kappa shape index (κ1) is 15.4. The third-order valence-electron chi connectivity index (χ3n) is 4.07. The molecule has 2 aromatic heterocycles. The van der Waals surface area contributed by atoms with Gasteiger partial charge < -0.3 is 9.88 Å². The number of anilines is 1. The van der Waals surface area contributed by atoms with Gasteiger partial charge in [-0.25, -0.2) is 0 Å². The first-order valence-electron chi connectivity index (χ1n) is 7.71. The molecule has 3 aromatic rings. The van der Waals surface area contributed by atoms with Crippen molar-refractivity contribution in [3.05, 3.63) is 47.3 Å². The maximum absolute atomic E-state index is 12.5. The van der Waals surface area contributed by atoms with Gasteiger partial charge in [-0.05, 0) is 35.9 Å². The fourth-order valence-electron chi connectivity index (χ4n) is 2.77. The molecule has 0 aliphatic carbocycles. The molecule has 0 saturated carbocycles. The van der Waals surface area contributed by atoms with E-state index < -0.39 is 0 Å². The lowest BCUT2D eigenvalue weighted by atomic mass is 10.1. The number of hydrogen-bond acceptors (Lipinski definition) is 5. The number of aryl methyl sites for hydroxylation is 1. The molecular formula is C17H16N4OS2. The normalized spacial score (nSPS) is 17.2. The fraction of sp³-hybridized carbons (Fsp3) is 0.235. The van der Waals surface area contributed by atoms with Gasteiger partial charge in [0.2, 0.25) is 5.91 Å². The van der Waals surface area contributed by atoms with Crippen molar-refractivity contribution < 1.29 is 4.79 Å². The molecular weight excluding hydrogens is 340 g/mol. The molecule has 1 amide bonds. The number of carbonyl (C=O) groups is 1. The average Bonchev–Trinajstić information content (AvgIpc) is 3.19. The second-order valence-corrected chi connectivity index (χ2v) is 7.75. The Bertz CT molecular complexity index is 873. The van der Waals surface area contributed by atoms with Crippen molar-refractivity contribution in [2.24, 2.45) is 7.05 Å². The van der Waals surface area contributed by atoms with Crippen LogP contribution in [0.25, 0.3) is 10.7 Å². The highest BCUT2D eigenvalue weighted by Crippen LogP contribution is 2.32. The number of benzene rings is 1. The van der Waals surface area contributed by atoms with E-state index in [1.165, 1.54) is 17.3 Å². The third kappa shape index (κ3) is 2.85. The minimum absolute atomic E-state index is 0.0330. The Labute approximate surface area is 148 Å². The SMILES string of the molecule is Cn1c(S[C@H]2CCc3ccccc3NC2=O)nnc1-c1cccs1. The molecule has 1 aromatic carbocycles. The highest BCUT2D eigenvalue weighted by atomic mass is 32.2. The van der Waals surface area contributed by atoms with Gasteiger partial charge >= 0.3 is 0 Å². The first-order chi connectivity index (χ1) is 11.7. The predicted molar refractivity (Wildman–Crippen MR) is 97.4 cm³/mol. The van der Waals surface area contributed by atoms with E-state index in [0.717, 1.165) is 34.4 Å². The molecule has 0 spiro atoms. The lowest BCUT2D eigenvalue weighted by molar-refractivity contribution is -0.115. The molecule has 5 nitrogen and oxygen atoms in total. The Kier molecular flexibility index (Phi) is 4.12. The number of thioether (sulfide) groups is 1. The molecule has 0 bridgehead atoms. The van der Waals surface area contributed by atoms with Crippen LogP contribution >= 0.6 is 23.1 Å². The molecule has 0 saturated heterocycles. The summed E-state index contributed by atoms with van der Waals surface area (Å²) >= 11 is 3.12. The molecule has 3 heterocycles. The monoisotopic (exact) mass is 356 g/mol. The number of aromatic nitrogens is 3. The average molecular weight is 356 g/mol. The molecule has 1 atom stereocenters. The first-order valence-corrected chi connectivity index (χ1v) is 9.47. The van der Waals surface area contributed by atoms with Crippen molar-refractivity contribution in [2.75, 3.05) is 5.32 Å². The number of fused-ring (bicyclic) bond motifs is 1. The second-order valence-electron chi connectivity index (χ2n) is 5.63. The standard InChI is InChI=1S/C17H16N4OS2/c1-21-15(13-7-4-10-23-13)19-20-17(21)24-14-9-8-11-5-2-3-6-12(11)18-16(14)22/h2-7,10,14H,8-9H2,1H3,(H,18,22)/t14-/m0/s1. The zero-order valence-corrected chi connectivity index (χ0v) is 14.7. The summed E-state index contributed by atoms with van der Waals surface area (Å²) in [6.07, 6.45) is 1.66. The van der Waals surface area contributed by atoms with Crippen molar-refractivity contribution in [2.45, 2.75) is 23.2 Å². The number of para-hydroxylation sites is 1. The topological polar surface area (TPSA) is 59.8 Å². The summed E-state index contributed by atoms with van der Waals surface area (Å²) in [5.74, 6) is 0.871. The number of amides is 1. The van der Waals surface area contributed by atoms with Gasteiger partial charge in [0.25, 0.3) is 0 Å². The minimum atomic E-state index is -0.170. The lowest BCUT2D eigenvalue weighted by Gasteiger charge is -2.12. The zero-order valence-electron chi connectivity index (χ0n) is 13.1. The number of hydrogen-bond donors (Lipinski definition) is 1. The van der Waals surface area contributed by atoms with E-state index in [9.17, 15) is 4.79 Å². The van der Waals surface area contributed by atoms with Gasteiger partial charge in [-0.15, -0.1) is 21.5 Å². The van der Waals surface area contributed by atoms with Crippen LogP contribution < -0.4 is 5.32 Å². The zero-order chi connectivity index (χ0) is 16.5. The van der Waals surface area contributed by atoms with Crippen LogP contribution in [0, 0.1) is 0 Å². The van der Waals surface area contributed by atoms with Crippen molar-refractivity contribution in [3.63, 3.8) is 0 Å². The van der Waals surface area contributed by atoms with Crippen molar-refractivity contribution in [1.29, 1.82) is 0 Å². The molecule has 1 aliphatic heterocycles. The second kappa shape index (κ2) is 6.41. The minimum Gasteiger partial charge on any atom is -0.325 e. The predicted octanol–water partition coefficient (Wildman–Crippen LogP) is 3.59.